The van der Waals surface area contributed by atoms with Crippen LogP contribution in [0, 0.1) is 0 Å². The number of hydrogen-bond donors (Lipinski definition) is 7. The highest BCUT2D eigenvalue weighted by Crippen LogP contribution is 2.06. The highest BCUT2D eigenvalue weighted by molar-refractivity contribution is 5.94. The molecule has 12 nitrogen and oxygen atoms in total. The van der Waals surface area contributed by atoms with E-state index in [2.05, 4.69) is 16.0 Å². The summed E-state index contributed by atoms with van der Waals surface area (Å²) in [4.78, 5) is 59.2. The van der Waals surface area contributed by atoms with Crippen LogP contribution in [0.4, 0.5) is 0 Å². The Hall–Kier alpha value is -3.51. The molecule has 0 aromatic heterocycles. The Kier molecular flexibility index (Phi) is 10.8. The molecule has 3 amide bonds. The van der Waals surface area contributed by atoms with Crippen molar-refractivity contribution >= 4 is 29.7 Å². The lowest BCUT2D eigenvalue weighted by Gasteiger charge is -2.23. The Labute approximate surface area is 184 Å². The molecule has 4 unspecified atom stereocenters. The molecule has 0 spiro atoms. The van der Waals surface area contributed by atoms with Crippen molar-refractivity contribution in [3.8, 4) is 0 Å². The molecule has 0 fully saturated rings. The van der Waals surface area contributed by atoms with Crippen molar-refractivity contribution in [3.63, 3.8) is 0 Å². The van der Waals surface area contributed by atoms with E-state index in [4.69, 9.17) is 15.9 Å². The number of benzene rings is 1. The lowest BCUT2D eigenvalue weighted by atomic mass is 10.0. The van der Waals surface area contributed by atoms with Crippen LogP contribution in [-0.4, -0.2) is 75.8 Å². The summed E-state index contributed by atoms with van der Waals surface area (Å²) in [7, 11) is 0. The van der Waals surface area contributed by atoms with Gasteiger partial charge in [-0.25, -0.2) is 4.79 Å². The van der Waals surface area contributed by atoms with E-state index >= 15 is 0 Å². The molecule has 0 aliphatic rings. The van der Waals surface area contributed by atoms with Crippen LogP contribution in [0.25, 0.3) is 0 Å². The van der Waals surface area contributed by atoms with E-state index in [1.54, 1.807) is 30.3 Å². The van der Waals surface area contributed by atoms with Crippen LogP contribution >= 0.6 is 0 Å². The molecule has 8 N–H and O–H groups in total. The highest BCUT2D eigenvalue weighted by Gasteiger charge is 2.29. The Morgan fingerprint density at radius 3 is 2.03 bits per heavy atom. The van der Waals surface area contributed by atoms with E-state index < -0.39 is 66.9 Å². The molecule has 0 heterocycles. The Morgan fingerprint density at radius 2 is 1.50 bits per heavy atom. The second-order valence-corrected chi connectivity index (χ2v) is 7.10. The zero-order valence-corrected chi connectivity index (χ0v) is 17.5. The molecule has 0 aliphatic heterocycles. The van der Waals surface area contributed by atoms with Gasteiger partial charge in [0.05, 0.1) is 6.61 Å². The number of carbonyl (C=O) groups excluding carboxylic acids is 3. The molecule has 1 rings (SSSR count). The first-order valence-corrected chi connectivity index (χ1v) is 9.81. The number of rotatable bonds is 13. The number of carboxylic acid groups (broad SMARTS) is 2. The van der Waals surface area contributed by atoms with Gasteiger partial charge in [0, 0.05) is 12.8 Å². The fraction of sp³-hybridized carbons (Fsp3) is 0.450. The van der Waals surface area contributed by atoms with Gasteiger partial charge in [0.25, 0.3) is 0 Å². The molecule has 1 aromatic carbocycles. The van der Waals surface area contributed by atoms with Crippen molar-refractivity contribution in [2.45, 2.75) is 50.4 Å². The van der Waals surface area contributed by atoms with Crippen molar-refractivity contribution in [2.24, 2.45) is 5.73 Å². The molecule has 0 aliphatic carbocycles. The molecule has 0 saturated carbocycles. The standard InChI is InChI=1S/C20H28N4O8/c1-11(22-18(29)13(21)10-25)17(28)24-15(9-12-5-3-2-4-6-12)19(30)23-14(20(31)32)7-8-16(26)27/h2-6,11,13-15,25H,7-10,21H2,1H3,(H,22,29)(H,23,30)(H,24,28)(H,26,27)(H,31,32). The van der Waals surface area contributed by atoms with Crippen LogP contribution in [0.1, 0.15) is 25.3 Å². The average molecular weight is 452 g/mol. The Balaban J connectivity index is 2.95. The third kappa shape index (κ3) is 9.10. The summed E-state index contributed by atoms with van der Waals surface area (Å²) >= 11 is 0. The van der Waals surface area contributed by atoms with Gasteiger partial charge in [-0.05, 0) is 18.9 Å². The summed E-state index contributed by atoms with van der Waals surface area (Å²) in [6.45, 7) is 0.730. The van der Waals surface area contributed by atoms with Gasteiger partial charge in [0.1, 0.15) is 24.2 Å². The predicted molar refractivity (Wildman–Crippen MR) is 111 cm³/mol. The van der Waals surface area contributed by atoms with Crippen LogP contribution < -0.4 is 21.7 Å². The molecule has 1 aromatic rings. The first-order chi connectivity index (χ1) is 15.0. The topological polar surface area (TPSA) is 208 Å². The van der Waals surface area contributed by atoms with Crippen LogP contribution in [0.2, 0.25) is 0 Å². The molecule has 176 valence electrons. The molecule has 4 atom stereocenters. The van der Waals surface area contributed by atoms with Crippen molar-refractivity contribution in [3.05, 3.63) is 35.9 Å². The quantitative estimate of drug-likeness (QED) is 0.176. The second-order valence-electron chi connectivity index (χ2n) is 7.10. The molecule has 0 saturated heterocycles. The maximum atomic E-state index is 12.8. The number of aliphatic hydroxyl groups excluding tert-OH is 1. The molecule has 12 heteroatoms. The first kappa shape index (κ1) is 26.5. The number of aliphatic hydroxyl groups is 1. The van der Waals surface area contributed by atoms with E-state index in [1.807, 2.05) is 0 Å². The number of nitrogens with one attached hydrogen (secondary N) is 3. The van der Waals surface area contributed by atoms with E-state index in [0.29, 0.717) is 5.56 Å². The van der Waals surface area contributed by atoms with Crippen molar-refractivity contribution in [1.29, 1.82) is 0 Å². The van der Waals surface area contributed by atoms with Gasteiger partial charge < -0.3 is 37.0 Å². The molecule has 32 heavy (non-hydrogen) atoms. The average Bonchev–Trinajstić information content (AvgIpc) is 2.75. The summed E-state index contributed by atoms with van der Waals surface area (Å²) in [5.74, 6) is -4.96. The first-order valence-electron chi connectivity index (χ1n) is 9.81. The van der Waals surface area contributed by atoms with Crippen LogP contribution in [0.15, 0.2) is 30.3 Å². The fourth-order valence-electron chi connectivity index (χ4n) is 2.62. The summed E-state index contributed by atoms with van der Waals surface area (Å²) < 4.78 is 0. The van der Waals surface area contributed by atoms with Gasteiger partial charge >= 0.3 is 11.9 Å². The third-order valence-electron chi connectivity index (χ3n) is 4.46. The SMILES string of the molecule is CC(NC(=O)C(N)CO)C(=O)NC(Cc1ccccc1)C(=O)NC(CCC(=O)O)C(=O)O. The number of aliphatic carboxylic acids is 2. The second kappa shape index (κ2) is 13.0. The number of nitrogens with two attached hydrogens (primary N) is 1. The van der Waals surface area contributed by atoms with Crippen LogP contribution in [0.5, 0.6) is 0 Å². The molecule has 0 radical (unpaired) electrons. The van der Waals surface area contributed by atoms with Crippen molar-refractivity contribution in [2.75, 3.05) is 6.61 Å². The predicted octanol–water partition coefficient (Wildman–Crippen LogP) is -2.03. The van der Waals surface area contributed by atoms with Gasteiger partial charge in [-0.2, -0.15) is 0 Å². The molecular weight excluding hydrogens is 424 g/mol. The minimum Gasteiger partial charge on any atom is -0.481 e. The van der Waals surface area contributed by atoms with Crippen LogP contribution in [-0.2, 0) is 30.4 Å². The highest BCUT2D eigenvalue weighted by atomic mass is 16.4. The third-order valence-corrected chi connectivity index (χ3v) is 4.46. The Morgan fingerprint density at radius 1 is 0.906 bits per heavy atom. The lowest BCUT2D eigenvalue weighted by Crippen LogP contribution is -2.57. The monoisotopic (exact) mass is 452 g/mol. The number of amides is 3. The summed E-state index contributed by atoms with van der Waals surface area (Å²) in [6, 6.07) is 3.61. The largest absolute Gasteiger partial charge is 0.481 e. The van der Waals surface area contributed by atoms with Crippen molar-refractivity contribution < 1.29 is 39.3 Å². The smallest absolute Gasteiger partial charge is 0.326 e. The molecule has 0 bridgehead atoms. The van der Waals surface area contributed by atoms with Gasteiger partial charge in [-0.3, -0.25) is 19.2 Å². The van der Waals surface area contributed by atoms with Crippen LogP contribution in [0.3, 0.4) is 0 Å². The normalized spacial score (nSPS) is 14.3. The van der Waals surface area contributed by atoms with E-state index in [9.17, 15) is 29.1 Å². The summed E-state index contributed by atoms with van der Waals surface area (Å²) in [5.41, 5.74) is 6.06. The maximum Gasteiger partial charge on any atom is 0.326 e. The zero-order chi connectivity index (χ0) is 24.3. The van der Waals surface area contributed by atoms with Gasteiger partial charge in [0.15, 0.2) is 0 Å². The minimum absolute atomic E-state index is 0.0144. The minimum atomic E-state index is -1.46. The number of hydrogen-bond acceptors (Lipinski definition) is 7. The fourth-order valence-corrected chi connectivity index (χ4v) is 2.62. The van der Waals surface area contributed by atoms with E-state index in [1.165, 1.54) is 6.92 Å². The maximum absolute atomic E-state index is 12.8. The molecular formula is C20H28N4O8. The summed E-state index contributed by atoms with van der Waals surface area (Å²) in [5, 5.41) is 34.0. The Bertz CT molecular complexity index is 817. The zero-order valence-electron chi connectivity index (χ0n) is 17.5. The van der Waals surface area contributed by atoms with E-state index in [-0.39, 0.29) is 12.8 Å². The van der Waals surface area contributed by atoms with Gasteiger partial charge in [-0.1, -0.05) is 30.3 Å². The number of carboxylic acids is 2. The van der Waals surface area contributed by atoms with Gasteiger partial charge in [0.2, 0.25) is 17.7 Å². The van der Waals surface area contributed by atoms with E-state index in [0.717, 1.165) is 0 Å². The summed E-state index contributed by atoms with van der Waals surface area (Å²) in [6.07, 6.45) is -0.796. The lowest BCUT2D eigenvalue weighted by molar-refractivity contribution is -0.143. The number of carbonyl (C=O) groups is 5. The van der Waals surface area contributed by atoms with Crippen molar-refractivity contribution in [1.82, 2.24) is 16.0 Å². The van der Waals surface area contributed by atoms with Gasteiger partial charge in [-0.15, -0.1) is 0 Å².